The van der Waals surface area contributed by atoms with E-state index >= 15 is 0 Å². The van der Waals surface area contributed by atoms with Crippen LogP contribution in [0.1, 0.15) is 26.6 Å². The first kappa shape index (κ1) is 15.4. The number of thiazole rings is 1. The Kier molecular flexibility index (Phi) is 4.25. The maximum atomic E-state index is 12.3. The van der Waals surface area contributed by atoms with Crippen molar-refractivity contribution in [3.63, 3.8) is 0 Å². The van der Waals surface area contributed by atoms with Gasteiger partial charge in [-0.05, 0) is 19.4 Å². The molecule has 118 valence electrons. The minimum Gasteiger partial charge on any atom is -0.347 e. The van der Waals surface area contributed by atoms with Gasteiger partial charge < -0.3 is 5.32 Å². The van der Waals surface area contributed by atoms with Crippen molar-refractivity contribution in [2.45, 2.75) is 20.4 Å². The van der Waals surface area contributed by atoms with Gasteiger partial charge in [-0.3, -0.25) is 9.48 Å². The first-order valence-electron chi connectivity index (χ1n) is 7.35. The highest BCUT2D eigenvalue weighted by Gasteiger charge is 2.17. The number of aromatic nitrogens is 3. The van der Waals surface area contributed by atoms with Crippen molar-refractivity contribution >= 4 is 17.2 Å². The van der Waals surface area contributed by atoms with E-state index < -0.39 is 0 Å². The van der Waals surface area contributed by atoms with Gasteiger partial charge in [0.2, 0.25) is 0 Å². The third kappa shape index (κ3) is 3.17. The van der Waals surface area contributed by atoms with E-state index in [4.69, 9.17) is 0 Å². The Morgan fingerprint density at radius 1 is 1.26 bits per heavy atom. The maximum Gasteiger partial charge on any atom is 0.263 e. The summed E-state index contributed by atoms with van der Waals surface area (Å²) in [7, 11) is 1.91. The van der Waals surface area contributed by atoms with Crippen LogP contribution in [0.25, 0.3) is 10.6 Å². The van der Waals surface area contributed by atoms with Gasteiger partial charge in [0.1, 0.15) is 9.88 Å². The van der Waals surface area contributed by atoms with Crippen molar-refractivity contribution in [1.29, 1.82) is 0 Å². The van der Waals surface area contributed by atoms with Crippen molar-refractivity contribution < 1.29 is 4.79 Å². The van der Waals surface area contributed by atoms with Gasteiger partial charge in [0.25, 0.3) is 5.91 Å². The monoisotopic (exact) mass is 326 g/mol. The number of nitrogens with one attached hydrogen (secondary N) is 1. The summed E-state index contributed by atoms with van der Waals surface area (Å²) in [6.07, 6.45) is 1.63. The minimum absolute atomic E-state index is 0.100. The summed E-state index contributed by atoms with van der Waals surface area (Å²) >= 11 is 1.39. The highest BCUT2D eigenvalue weighted by molar-refractivity contribution is 7.16. The number of carbonyl (C=O) groups excluding carboxylic acids is 1. The van der Waals surface area contributed by atoms with Crippen LogP contribution in [0.2, 0.25) is 0 Å². The quantitative estimate of drug-likeness (QED) is 0.801. The van der Waals surface area contributed by atoms with Crippen LogP contribution in [0.4, 0.5) is 0 Å². The summed E-state index contributed by atoms with van der Waals surface area (Å²) in [5.74, 6) is -0.100. The molecule has 3 rings (SSSR count). The normalized spacial score (nSPS) is 10.7. The Morgan fingerprint density at radius 3 is 2.65 bits per heavy atom. The van der Waals surface area contributed by atoms with E-state index in [0.29, 0.717) is 11.4 Å². The summed E-state index contributed by atoms with van der Waals surface area (Å²) in [5.41, 5.74) is 4.06. The van der Waals surface area contributed by atoms with Crippen molar-refractivity contribution in [2.75, 3.05) is 0 Å². The zero-order valence-electron chi connectivity index (χ0n) is 13.3. The Morgan fingerprint density at radius 2 is 2.00 bits per heavy atom. The minimum atomic E-state index is -0.100. The molecule has 0 unspecified atom stereocenters. The zero-order chi connectivity index (χ0) is 16.4. The lowest BCUT2D eigenvalue weighted by Crippen LogP contribution is -2.21. The Hall–Kier alpha value is -2.47. The first-order valence-corrected chi connectivity index (χ1v) is 8.16. The third-order valence-corrected chi connectivity index (χ3v) is 4.76. The van der Waals surface area contributed by atoms with Crippen LogP contribution in [0, 0.1) is 13.8 Å². The molecule has 5 nitrogen and oxygen atoms in total. The van der Waals surface area contributed by atoms with Gasteiger partial charge in [-0.15, -0.1) is 11.3 Å². The molecule has 0 saturated carbocycles. The summed E-state index contributed by atoms with van der Waals surface area (Å²) in [5, 5.41) is 8.16. The van der Waals surface area contributed by atoms with Gasteiger partial charge in [-0.25, -0.2) is 4.98 Å². The number of rotatable bonds is 4. The van der Waals surface area contributed by atoms with Crippen LogP contribution in [-0.2, 0) is 13.6 Å². The lowest BCUT2D eigenvalue weighted by Gasteiger charge is -2.02. The second-order valence-electron chi connectivity index (χ2n) is 5.37. The lowest BCUT2D eigenvalue weighted by atomic mass is 10.2. The summed E-state index contributed by atoms with van der Waals surface area (Å²) < 4.78 is 1.83. The molecule has 0 bridgehead atoms. The Balaban J connectivity index is 1.75. The fraction of sp³-hybridized carbons (Fsp3) is 0.235. The number of aryl methyl sites for hydroxylation is 2. The highest BCUT2D eigenvalue weighted by atomic mass is 32.1. The van der Waals surface area contributed by atoms with Gasteiger partial charge in [0.15, 0.2) is 0 Å². The van der Waals surface area contributed by atoms with Crippen molar-refractivity contribution in [3.8, 4) is 10.6 Å². The number of amides is 1. The molecule has 0 fully saturated rings. The van der Waals surface area contributed by atoms with Crippen molar-refractivity contribution in [2.24, 2.45) is 7.05 Å². The summed E-state index contributed by atoms with van der Waals surface area (Å²) in [4.78, 5) is 17.3. The number of nitrogens with zero attached hydrogens (tertiary/aromatic N) is 3. The second kappa shape index (κ2) is 6.34. The average molecular weight is 326 g/mol. The van der Waals surface area contributed by atoms with E-state index in [1.807, 2.05) is 55.9 Å². The van der Waals surface area contributed by atoms with E-state index in [0.717, 1.165) is 27.5 Å². The molecular weight excluding hydrogens is 308 g/mol. The molecule has 0 aliphatic rings. The Bertz CT molecular complexity index is 836. The molecule has 2 aromatic heterocycles. The van der Waals surface area contributed by atoms with Crippen LogP contribution in [-0.4, -0.2) is 20.7 Å². The molecule has 0 saturated heterocycles. The summed E-state index contributed by atoms with van der Waals surface area (Å²) in [6, 6.07) is 9.85. The molecule has 0 aliphatic carbocycles. The molecule has 2 heterocycles. The lowest BCUT2D eigenvalue weighted by molar-refractivity contribution is 0.0955. The molecular formula is C17H18N4OS. The van der Waals surface area contributed by atoms with Crippen LogP contribution in [0.5, 0.6) is 0 Å². The van der Waals surface area contributed by atoms with Gasteiger partial charge in [-0.1, -0.05) is 30.3 Å². The third-order valence-electron chi connectivity index (χ3n) is 3.75. The number of carbonyl (C=O) groups is 1. The second-order valence-corrected chi connectivity index (χ2v) is 6.40. The average Bonchev–Trinajstić information content (AvgIpc) is 3.11. The number of hydrogen-bond acceptors (Lipinski definition) is 4. The molecule has 1 amide bonds. The molecule has 3 aromatic rings. The van der Waals surface area contributed by atoms with E-state index in [9.17, 15) is 4.79 Å². The fourth-order valence-electron chi connectivity index (χ4n) is 2.44. The molecule has 6 heteroatoms. The fourth-order valence-corrected chi connectivity index (χ4v) is 3.42. The van der Waals surface area contributed by atoms with Crippen molar-refractivity contribution in [3.05, 3.63) is 58.4 Å². The standard InChI is InChI=1S/C17H18N4OS/c1-11-15(12(2)21(3)20-11)17-19-10-14(23-17)16(22)18-9-13-7-5-4-6-8-13/h4-8,10H,9H2,1-3H3,(H,18,22). The first-order chi connectivity index (χ1) is 11.1. The van der Waals surface area contributed by atoms with Crippen LogP contribution >= 0.6 is 11.3 Å². The van der Waals surface area contributed by atoms with Crippen LogP contribution in [0.3, 0.4) is 0 Å². The number of hydrogen-bond donors (Lipinski definition) is 1. The summed E-state index contributed by atoms with van der Waals surface area (Å²) in [6.45, 7) is 4.47. The molecule has 0 radical (unpaired) electrons. The molecule has 23 heavy (non-hydrogen) atoms. The maximum absolute atomic E-state index is 12.3. The van der Waals surface area contributed by atoms with Crippen LogP contribution in [0.15, 0.2) is 36.5 Å². The molecule has 0 atom stereocenters. The topological polar surface area (TPSA) is 59.8 Å². The van der Waals surface area contributed by atoms with E-state index in [1.54, 1.807) is 6.20 Å². The van der Waals surface area contributed by atoms with Crippen LogP contribution < -0.4 is 5.32 Å². The molecule has 1 aromatic carbocycles. The van der Waals surface area contributed by atoms with E-state index in [1.165, 1.54) is 11.3 Å². The van der Waals surface area contributed by atoms with Gasteiger partial charge in [-0.2, -0.15) is 5.10 Å². The van der Waals surface area contributed by atoms with Gasteiger partial charge in [0, 0.05) is 19.3 Å². The zero-order valence-corrected chi connectivity index (χ0v) is 14.1. The number of benzene rings is 1. The predicted octanol–water partition coefficient (Wildman–Crippen LogP) is 3.09. The van der Waals surface area contributed by atoms with Gasteiger partial charge >= 0.3 is 0 Å². The smallest absolute Gasteiger partial charge is 0.263 e. The molecule has 0 aliphatic heterocycles. The molecule has 0 spiro atoms. The molecule has 1 N–H and O–H groups in total. The van der Waals surface area contributed by atoms with E-state index in [2.05, 4.69) is 15.4 Å². The predicted molar refractivity (Wildman–Crippen MR) is 91.4 cm³/mol. The van der Waals surface area contributed by atoms with E-state index in [-0.39, 0.29) is 5.91 Å². The van der Waals surface area contributed by atoms with Crippen molar-refractivity contribution in [1.82, 2.24) is 20.1 Å². The SMILES string of the molecule is Cc1nn(C)c(C)c1-c1ncc(C(=O)NCc2ccccc2)s1. The highest BCUT2D eigenvalue weighted by Crippen LogP contribution is 2.30. The van der Waals surface area contributed by atoms with Gasteiger partial charge in [0.05, 0.1) is 17.5 Å². The largest absolute Gasteiger partial charge is 0.347 e. The Labute approximate surface area is 139 Å².